The van der Waals surface area contributed by atoms with Crippen LogP contribution in [0, 0.1) is 0 Å². The molecule has 14 heteroatoms. The molecular weight excluding hydrogens is 503 g/mol. The summed E-state index contributed by atoms with van der Waals surface area (Å²) in [6, 6.07) is 0. The van der Waals surface area contributed by atoms with Gasteiger partial charge in [-0.25, -0.2) is 0 Å². The van der Waals surface area contributed by atoms with Gasteiger partial charge in [-0.05, 0) is 6.92 Å². The molecular formula is C20H34Cl2O12. The van der Waals surface area contributed by atoms with Crippen molar-refractivity contribution in [1.82, 2.24) is 0 Å². The summed E-state index contributed by atoms with van der Waals surface area (Å²) in [6.07, 6.45) is -14.5. The number of aliphatic hydroxyl groups excluding tert-OH is 5. The van der Waals surface area contributed by atoms with Crippen LogP contribution in [0.1, 0.15) is 13.3 Å². The first-order chi connectivity index (χ1) is 16.2. The quantitative estimate of drug-likeness (QED) is 0.223. The number of methoxy groups -OCH3 is 2. The lowest BCUT2D eigenvalue weighted by Crippen LogP contribution is -2.65. The van der Waals surface area contributed by atoms with Crippen LogP contribution in [0.25, 0.3) is 0 Å². The van der Waals surface area contributed by atoms with Crippen LogP contribution in [0.15, 0.2) is 0 Å². The maximum absolute atomic E-state index is 10.9. The van der Waals surface area contributed by atoms with Gasteiger partial charge in [0, 0.05) is 20.6 Å². The number of rotatable bonds is 8. The Morgan fingerprint density at radius 2 is 1.44 bits per heavy atom. The molecule has 3 aliphatic rings. The molecule has 3 aliphatic heterocycles. The molecule has 200 valence electrons. The third-order valence-electron chi connectivity index (χ3n) is 6.32. The molecule has 0 aromatic carbocycles. The normalized spacial score (nSPS) is 50.3. The number of aliphatic hydroxyl groups is 5. The van der Waals surface area contributed by atoms with E-state index in [9.17, 15) is 25.5 Å². The molecule has 0 bridgehead atoms. The van der Waals surface area contributed by atoms with E-state index in [2.05, 4.69) is 0 Å². The second-order valence-electron chi connectivity index (χ2n) is 8.57. The second kappa shape index (κ2) is 12.6. The van der Waals surface area contributed by atoms with Crippen molar-refractivity contribution in [2.24, 2.45) is 0 Å². The van der Waals surface area contributed by atoms with Crippen LogP contribution in [0.4, 0.5) is 0 Å². The summed E-state index contributed by atoms with van der Waals surface area (Å²) in [5.41, 5.74) is 0. The van der Waals surface area contributed by atoms with Gasteiger partial charge in [0.05, 0.1) is 36.2 Å². The van der Waals surface area contributed by atoms with Crippen LogP contribution in [-0.2, 0) is 33.2 Å². The van der Waals surface area contributed by atoms with Gasteiger partial charge in [-0.2, -0.15) is 0 Å². The lowest BCUT2D eigenvalue weighted by molar-refractivity contribution is -0.378. The van der Waals surface area contributed by atoms with E-state index < -0.39 is 91.9 Å². The largest absolute Gasteiger partial charge is 0.394 e. The fourth-order valence-corrected chi connectivity index (χ4v) is 5.05. The summed E-state index contributed by atoms with van der Waals surface area (Å²) >= 11 is 12.3. The van der Waals surface area contributed by atoms with Gasteiger partial charge in [-0.1, -0.05) is 0 Å². The molecule has 3 heterocycles. The topological polar surface area (TPSA) is 166 Å². The zero-order valence-electron chi connectivity index (χ0n) is 19.1. The molecule has 3 rings (SSSR count). The van der Waals surface area contributed by atoms with Crippen molar-refractivity contribution in [2.75, 3.05) is 26.7 Å². The predicted molar refractivity (Wildman–Crippen MR) is 115 cm³/mol. The molecule has 34 heavy (non-hydrogen) atoms. The maximum atomic E-state index is 10.9. The third kappa shape index (κ3) is 5.97. The first kappa shape index (κ1) is 28.7. The van der Waals surface area contributed by atoms with Gasteiger partial charge in [0.2, 0.25) is 0 Å². The highest BCUT2D eigenvalue weighted by molar-refractivity contribution is 6.23. The van der Waals surface area contributed by atoms with Crippen LogP contribution in [-0.4, -0.2) is 138 Å². The van der Waals surface area contributed by atoms with Gasteiger partial charge in [-0.15, -0.1) is 23.2 Å². The summed E-state index contributed by atoms with van der Waals surface area (Å²) in [4.78, 5) is 0. The van der Waals surface area contributed by atoms with E-state index in [0.717, 1.165) is 0 Å². The highest BCUT2D eigenvalue weighted by Crippen LogP contribution is 2.34. The van der Waals surface area contributed by atoms with Crippen LogP contribution >= 0.6 is 23.2 Å². The Morgan fingerprint density at radius 3 is 2.03 bits per heavy atom. The van der Waals surface area contributed by atoms with E-state index in [0.29, 0.717) is 0 Å². The molecule has 12 nitrogen and oxygen atoms in total. The minimum absolute atomic E-state index is 0.00700. The van der Waals surface area contributed by atoms with E-state index in [1.807, 2.05) is 0 Å². The van der Waals surface area contributed by atoms with E-state index in [1.54, 1.807) is 6.92 Å². The van der Waals surface area contributed by atoms with Crippen molar-refractivity contribution in [3.63, 3.8) is 0 Å². The monoisotopic (exact) mass is 536 g/mol. The molecule has 0 aliphatic carbocycles. The van der Waals surface area contributed by atoms with E-state index in [-0.39, 0.29) is 12.3 Å². The van der Waals surface area contributed by atoms with Crippen LogP contribution in [0.2, 0.25) is 0 Å². The Hall–Kier alpha value is 0.100. The smallest absolute Gasteiger partial charge is 0.187 e. The van der Waals surface area contributed by atoms with Crippen molar-refractivity contribution >= 4 is 23.2 Å². The zero-order valence-corrected chi connectivity index (χ0v) is 20.6. The number of halogens is 2. The number of hydrogen-bond donors (Lipinski definition) is 5. The molecule has 0 unspecified atom stereocenters. The molecule has 0 saturated carbocycles. The molecule has 0 radical (unpaired) electrons. The SMILES string of the molecule is CO[C@H]1O[C@H](CO)[C@@H](O)[C@H](O[C@H]2O[C@H](C)[C@H](O)C[C@H]2O)[C@@H]1O[C@H]1O[C@H](CCl)[C@H](Cl)[C@H](OC)[C@H]1O. The van der Waals surface area contributed by atoms with Crippen LogP contribution in [0.3, 0.4) is 0 Å². The van der Waals surface area contributed by atoms with E-state index >= 15 is 0 Å². The first-order valence-electron chi connectivity index (χ1n) is 11.0. The average molecular weight is 537 g/mol. The molecule has 5 N–H and O–H groups in total. The lowest BCUT2D eigenvalue weighted by Gasteiger charge is -2.48. The van der Waals surface area contributed by atoms with Gasteiger partial charge in [0.15, 0.2) is 18.9 Å². The molecule has 0 amide bonds. The Kier molecular flexibility index (Phi) is 10.6. The van der Waals surface area contributed by atoms with Crippen molar-refractivity contribution in [3.05, 3.63) is 0 Å². The number of alkyl halides is 2. The Labute approximate surface area is 207 Å². The van der Waals surface area contributed by atoms with Crippen LogP contribution in [0.5, 0.6) is 0 Å². The highest BCUT2D eigenvalue weighted by atomic mass is 35.5. The first-order valence-corrected chi connectivity index (χ1v) is 12.0. The van der Waals surface area contributed by atoms with E-state index in [4.69, 9.17) is 56.4 Å². The Balaban J connectivity index is 1.85. The maximum Gasteiger partial charge on any atom is 0.187 e. The molecule has 14 atom stereocenters. The Bertz CT molecular complexity index is 634. The van der Waals surface area contributed by atoms with Gasteiger partial charge in [0.25, 0.3) is 0 Å². The summed E-state index contributed by atoms with van der Waals surface area (Å²) in [6.45, 7) is 1.05. The molecule has 3 fully saturated rings. The molecule has 0 aromatic rings. The Morgan fingerprint density at radius 1 is 0.794 bits per heavy atom. The summed E-state index contributed by atoms with van der Waals surface area (Å²) in [5, 5.41) is 50.9. The van der Waals surface area contributed by atoms with Crippen LogP contribution < -0.4 is 0 Å². The van der Waals surface area contributed by atoms with E-state index in [1.165, 1.54) is 14.2 Å². The minimum Gasteiger partial charge on any atom is -0.394 e. The lowest BCUT2D eigenvalue weighted by atomic mass is 9.97. The summed E-state index contributed by atoms with van der Waals surface area (Å²) < 4.78 is 39.5. The van der Waals surface area contributed by atoms with Gasteiger partial charge >= 0.3 is 0 Å². The van der Waals surface area contributed by atoms with Crippen molar-refractivity contribution in [1.29, 1.82) is 0 Å². The standard InChI is InChI=1S/C20H34Cl2O12/c1-7-8(24)4-9(25)18(30-7)33-16-13(26)11(6-23)32-20(29-3)17(16)34-19-14(27)15(28-2)12(22)10(5-21)31-19/h7-20,23-27H,4-6H2,1-3H3/t7-,8-,9-,10-,11-,12+,13-,14-,15+,16+,17+,18-,19-,20+/m1/s1. The van der Waals surface area contributed by atoms with Gasteiger partial charge in [0.1, 0.15) is 42.7 Å². The zero-order chi connectivity index (χ0) is 25.2. The van der Waals surface area contributed by atoms with Crippen molar-refractivity contribution in [3.8, 4) is 0 Å². The number of ether oxygens (including phenoxy) is 7. The number of hydrogen-bond acceptors (Lipinski definition) is 12. The summed E-state index contributed by atoms with van der Waals surface area (Å²) in [5.74, 6) is -0.00700. The van der Waals surface area contributed by atoms with Gasteiger partial charge < -0.3 is 58.7 Å². The summed E-state index contributed by atoms with van der Waals surface area (Å²) in [7, 11) is 2.69. The predicted octanol–water partition coefficient (Wildman–Crippen LogP) is -1.71. The molecule has 0 aromatic heterocycles. The van der Waals surface area contributed by atoms with Gasteiger partial charge in [-0.3, -0.25) is 0 Å². The van der Waals surface area contributed by atoms with Crippen molar-refractivity contribution in [2.45, 2.75) is 98.6 Å². The average Bonchev–Trinajstić information content (AvgIpc) is 2.81. The molecule has 0 spiro atoms. The fraction of sp³-hybridized carbons (Fsp3) is 1.00. The highest BCUT2D eigenvalue weighted by Gasteiger charge is 2.53. The molecule has 3 saturated heterocycles. The second-order valence-corrected chi connectivity index (χ2v) is 9.38. The fourth-order valence-electron chi connectivity index (χ4n) is 4.29. The minimum atomic E-state index is -1.44. The third-order valence-corrected chi connectivity index (χ3v) is 7.15. The van der Waals surface area contributed by atoms with Crippen molar-refractivity contribution < 1.29 is 58.7 Å².